The zero-order chi connectivity index (χ0) is 12.3. The van der Waals surface area contributed by atoms with Crippen molar-refractivity contribution in [2.75, 3.05) is 32.9 Å². The molecule has 0 spiro atoms. The summed E-state index contributed by atoms with van der Waals surface area (Å²) in [4.78, 5) is 11.3. The van der Waals surface area contributed by atoms with Gasteiger partial charge in [0.15, 0.2) is 6.61 Å². The molecule has 0 radical (unpaired) electrons. The molecule has 17 heavy (non-hydrogen) atoms. The van der Waals surface area contributed by atoms with E-state index in [9.17, 15) is 4.79 Å². The predicted octanol–water partition coefficient (Wildman–Crippen LogP) is 0.157. The standard InChI is InChI=1S/C12H18N2O3/c13-6-8-16-9-7-14-12(15)10-17-11-4-2-1-3-5-11/h1-5H,6-10,13H2,(H,14,15). The topological polar surface area (TPSA) is 73.6 Å². The molecule has 0 fully saturated rings. The van der Waals surface area contributed by atoms with Gasteiger partial charge in [-0.25, -0.2) is 0 Å². The van der Waals surface area contributed by atoms with Gasteiger partial charge in [-0.3, -0.25) is 4.79 Å². The highest BCUT2D eigenvalue weighted by Crippen LogP contribution is 2.07. The van der Waals surface area contributed by atoms with Crippen molar-refractivity contribution in [1.29, 1.82) is 0 Å². The van der Waals surface area contributed by atoms with Crippen LogP contribution >= 0.6 is 0 Å². The number of nitrogens with two attached hydrogens (primary N) is 1. The Morgan fingerprint density at radius 2 is 2.00 bits per heavy atom. The monoisotopic (exact) mass is 238 g/mol. The third-order valence-corrected chi connectivity index (χ3v) is 1.94. The van der Waals surface area contributed by atoms with Gasteiger partial charge in [-0.2, -0.15) is 0 Å². The van der Waals surface area contributed by atoms with Crippen LogP contribution in [0, 0.1) is 0 Å². The molecular formula is C12H18N2O3. The van der Waals surface area contributed by atoms with Gasteiger partial charge in [0.2, 0.25) is 0 Å². The van der Waals surface area contributed by atoms with Crippen molar-refractivity contribution in [3.63, 3.8) is 0 Å². The number of para-hydroxylation sites is 1. The Hall–Kier alpha value is -1.59. The maximum absolute atomic E-state index is 11.3. The van der Waals surface area contributed by atoms with Crippen LogP contribution in [0.5, 0.6) is 5.75 Å². The molecule has 5 heteroatoms. The number of amides is 1. The molecule has 0 aromatic heterocycles. The first kappa shape index (κ1) is 13.5. The smallest absolute Gasteiger partial charge is 0.258 e. The number of nitrogens with one attached hydrogen (secondary N) is 1. The number of carbonyl (C=O) groups is 1. The molecule has 1 amide bonds. The van der Waals surface area contributed by atoms with Crippen molar-refractivity contribution in [3.05, 3.63) is 30.3 Å². The van der Waals surface area contributed by atoms with Gasteiger partial charge in [-0.05, 0) is 12.1 Å². The lowest BCUT2D eigenvalue weighted by Crippen LogP contribution is -2.32. The zero-order valence-corrected chi connectivity index (χ0v) is 9.72. The van der Waals surface area contributed by atoms with Crippen LogP contribution in [0.15, 0.2) is 30.3 Å². The summed E-state index contributed by atoms with van der Waals surface area (Å²) in [7, 11) is 0. The van der Waals surface area contributed by atoms with E-state index in [-0.39, 0.29) is 12.5 Å². The lowest BCUT2D eigenvalue weighted by atomic mass is 10.3. The third-order valence-electron chi connectivity index (χ3n) is 1.94. The van der Waals surface area contributed by atoms with E-state index in [1.54, 1.807) is 12.1 Å². The summed E-state index contributed by atoms with van der Waals surface area (Å²) in [5.74, 6) is 0.521. The molecular weight excluding hydrogens is 220 g/mol. The Kier molecular flexibility index (Phi) is 6.78. The summed E-state index contributed by atoms with van der Waals surface area (Å²) < 4.78 is 10.4. The summed E-state index contributed by atoms with van der Waals surface area (Å²) in [5, 5.41) is 2.68. The Bertz CT molecular complexity index is 317. The van der Waals surface area contributed by atoms with Gasteiger partial charge >= 0.3 is 0 Å². The molecule has 0 saturated carbocycles. The molecule has 0 aliphatic carbocycles. The average Bonchev–Trinajstić information content (AvgIpc) is 2.37. The summed E-state index contributed by atoms with van der Waals surface area (Å²) in [6, 6.07) is 9.21. The summed E-state index contributed by atoms with van der Waals surface area (Å²) in [5.41, 5.74) is 5.25. The Balaban J connectivity index is 2.05. The Morgan fingerprint density at radius 1 is 1.24 bits per heavy atom. The molecule has 0 aliphatic heterocycles. The van der Waals surface area contributed by atoms with Crippen molar-refractivity contribution < 1.29 is 14.3 Å². The summed E-state index contributed by atoms with van der Waals surface area (Å²) in [6.07, 6.45) is 0. The van der Waals surface area contributed by atoms with E-state index in [0.717, 1.165) is 0 Å². The van der Waals surface area contributed by atoms with Crippen molar-refractivity contribution in [2.24, 2.45) is 5.73 Å². The molecule has 0 heterocycles. The van der Waals surface area contributed by atoms with Gasteiger partial charge in [-0.15, -0.1) is 0 Å². The van der Waals surface area contributed by atoms with Crippen molar-refractivity contribution in [2.45, 2.75) is 0 Å². The summed E-state index contributed by atoms with van der Waals surface area (Å²) >= 11 is 0. The zero-order valence-electron chi connectivity index (χ0n) is 9.72. The molecule has 1 aromatic rings. The lowest BCUT2D eigenvalue weighted by Gasteiger charge is -2.07. The highest BCUT2D eigenvalue weighted by Gasteiger charge is 2.01. The minimum Gasteiger partial charge on any atom is -0.484 e. The quantitative estimate of drug-likeness (QED) is 0.633. The van der Waals surface area contributed by atoms with Crippen LogP contribution in [0.4, 0.5) is 0 Å². The van der Waals surface area contributed by atoms with Crippen molar-refractivity contribution >= 4 is 5.91 Å². The fourth-order valence-electron chi connectivity index (χ4n) is 1.16. The van der Waals surface area contributed by atoms with E-state index in [2.05, 4.69) is 5.32 Å². The van der Waals surface area contributed by atoms with Gasteiger partial charge in [0, 0.05) is 13.1 Å². The largest absolute Gasteiger partial charge is 0.484 e. The maximum Gasteiger partial charge on any atom is 0.258 e. The minimum absolute atomic E-state index is 0.0148. The molecule has 1 rings (SSSR count). The predicted molar refractivity (Wildman–Crippen MR) is 64.8 cm³/mol. The van der Waals surface area contributed by atoms with Gasteiger partial charge in [0.25, 0.3) is 5.91 Å². The number of benzene rings is 1. The van der Waals surface area contributed by atoms with E-state index >= 15 is 0 Å². The second-order valence-corrected chi connectivity index (χ2v) is 3.35. The van der Waals surface area contributed by atoms with Crippen molar-refractivity contribution in [3.8, 4) is 5.75 Å². The maximum atomic E-state index is 11.3. The second kappa shape index (κ2) is 8.55. The minimum atomic E-state index is -0.162. The SMILES string of the molecule is NCCOCCNC(=O)COc1ccccc1. The number of hydrogen-bond acceptors (Lipinski definition) is 4. The molecule has 1 aromatic carbocycles. The van der Waals surface area contributed by atoms with E-state index in [4.69, 9.17) is 15.2 Å². The molecule has 3 N–H and O–H groups in total. The lowest BCUT2D eigenvalue weighted by molar-refractivity contribution is -0.123. The summed E-state index contributed by atoms with van der Waals surface area (Å²) in [6.45, 7) is 1.95. The molecule has 0 saturated heterocycles. The average molecular weight is 238 g/mol. The second-order valence-electron chi connectivity index (χ2n) is 3.35. The van der Waals surface area contributed by atoms with Gasteiger partial charge in [0.1, 0.15) is 5.75 Å². The van der Waals surface area contributed by atoms with Crippen LogP contribution in [0.1, 0.15) is 0 Å². The Labute approximate surface area is 101 Å². The molecule has 0 bridgehead atoms. The van der Waals surface area contributed by atoms with E-state index in [1.165, 1.54) is 0 Å². The fraction of sp³-hybridized carbons (Fsp3) is 0.417. The van der Waals surface area contributed by atoms with Crippen LogP contribution in [0.2, 0.25) is 0 Å². The van der Waals surface area contributed by atoms with Crippen LogP contribution in [-0.2, 0) is 9.53 Å². The third kappa shape index (κ3) is 6.55. The first-order valence-corrected chi connectivity index (χ1v) is 5.55. The van der Waals surface area contributed by atoms with Crippen LogP contribution in [0.25, 0.3) is 0 Å². The highest BCUT2D eigenvalue weighted by atomic mass is 16.5. The molecule has 94 valence electrons. The molecule has 0 unspecified atom stereocenters. The van der Waals surface area contributed by atoms with Crippen LogP contribution < -0.4 is 15.8 Å². The van der Waals surface area contributed by atoms with E-state index in [0.29, 0.717) is 32.1 Å². The molecule has 0 atom stereocenters. The van der Waals surface area contributed by atoms with Gasteiger partial charge in [0.05, 0.1) is 13.2 Å². The first-order chi connectivity index (χ1) is 8.33. The normalized spacial score (nSPS) is 9.94. The fourth-order valence-corrected chi connectivity index (χ4v) is 1.16. The van der Waals surface area contributed by atoms with Crippen LogP contribution in [0.3, 0.4) is 0 Å². The first-order valence-electron chi connectivity index (χ1n) is 5.55. The Morgan fingerprint density at radius 3 is 2.71 bits per heavy atom. The van der Waals surface area contributed by atoms with E-state index in [1.807, 2.05) is 18.2 Å². The molecule has 0 aliphatic rings. The number of carbonyl (C=O) groups excluding carboxylic acids is 1. The van der Waals surface area contributed by atoms with E-state index < -0.39 is 0 Å². The number of rotatable bonds is 8. The van der Waals surface area contributed by atoms with Crippen molar-refractivity contribution in [1.82, 2.24) is 5.32 Å². The number of hydrogen-bond donors (Lipinski definition) is 2. The highest BCUT2D eigenvalue weighted by molar-refractivity contribution is 5.77. The van der Waals surface area contributed by atoms with Gasteiger partial charge in [-0.1, -0.05) is 18.2 Å². The van der Waals surface area contributed by atoms with Gasteiger partial charge < -0.3 is 20.5 Å². The molecule has 5 nitrogen and oxygen atoms in total. The van der Waals surface area contributed by atoms with Crippen LogP contribution in [-0.4, -0.2) is 38.8 Å². The number of ether oxygens (including phenoxy) is 2.